The number of nitro groups is 2. The van der Waals surface area contributed by atoms with Gasteiger partial charge in [-0.05, 0) is 99.3 Å². The number of nitrogens with one attached hydrogen (secondary N) is 5. The highest BCUT2D eigenvalue weighted by Crippen LogP contribution is 2.47. The lowest BCUT2D eigenvalue weighted by Crippen LogP contribution is -2.59. The summed E-state index contributed by atoms with van der Waals surface area (Å²) >= 11 is 0. The zero-order chi connectivity index (χ0) is 67.3. The van der Waals surface area contributed by atoms with Gasteiger partial charge < -0.3 is 65.0 Å². The molecule has 4 aliphatic carbocycles. The van der Waals surface area contributed by atoms with Crippen LogP contribution in [0.1, 0.15) is 147 Å². The molecule has 0 unspecified atom stereocenters. The van der Waals surface area contributed by atoms with Crippen LogP contribution in [0.4, 0.5) is 21.0 Å². The summed E-state index contributed by atoms with van der Waals surface area (Å²) in [7, 11) is 2.47. The zero-order valence-corrected chi connectivity index (χ0v) is 53.5. The maximum atomic E-state index is 14.1. The molecule has 0 spiro atoms. The second-order valence-electron chi connectivity index (χ2n) is 25.4. The van der Waals surface area contributed by atoms with Gasteiger partial charge in [0.15, 0.2) is 0 Å². The molecule has 6 fully saturated rings. The Morgan fingerprint density at radius 3 is 1.39 bits per heavy atom. The van der Waals surface area contributed by atoms with Crippen LogP contribution in [-0.4, -0.2) is 167 Å². The fourth-order valence-electron chi connectivity index (χ4n) is 11.3. The van der Waals surface area contributed by atoms with Crippen LogP contribution in [0.15, 0.2) is 73.8 Å². The molecule has 0 radical (unpaired) electrons. The van der Waals surface area contributed by atoms with E-state index in [0.717, 1.165) is 51.4 Å². The summed E-state index contributed by atoms with van der Waals surface area (Å²) in [5, 5.41) is 44.3. The Bertz CT molecular complexity index is 3090. The maximum Gasteiger partial charge on any atom is 0.408 e. The maximum absolute atomic E-state index is 14.1. The summed E-state index contributed by atoms with van der Waals surface area (Å²) in [4.78, 5) is 147. The number of amides is 5. The van der Waals surface area contributed by atoms with E-state index in [1.165, 1.54) is 67.7 Å². The Morgan fingerprint density at radius 1 is 0.624 bits per heavy atom. The summed E-state index contributed by atoms with van der Waals surface area (Å²) in [5.74, 6) is -5.83. The number of alkyl carbamates (subject to hydrolysis) is 2. The van der Waals surface area contributed by atoms with E-state index in [1.54, 1.807) is 53.7 Å². The monoisotopic (exact) mass is 1330 g/mol. The lowest BCUT2D eigenvalue weighted by Gasteiger charge is -2.35. The normalized spacial score (nSPS) is 24.2. The number of hydrogen-bond acceptors (Lipinski definition) is 21. The van der Waals surface area contributed by atoms with Crippen molar-refractivity contribution in [3.05, 3.63) is 105 Å². The number of likely N-dealkylation sites (tertiary alicyclic amines) is 1. The number of hydrogen-bond donors (Lipinski definition) is 6. The molecule has 2 saturated heterocycles. The minimum atomic E-state index is -1.33. The number of aliphatic carboxylic acids is 1. The van der Waals surface area contributed by atoms with Crippen molar-refractivity contribution in [2.45, 2.75) is 186 Å². The Labute approximate surface area is 545 Å². The van der Waals surface area contributed by atoms with Gasteiger partial charge in [0.25, 0.3) is 11.4 Å². The molecule has 2 heterocycles. The predicted molar refractivity (Wildman–Crippen MR) is 335 cm³/mol. The molecule has 512 valence electrons. The first kappa shape index (κ1) is 76.7. The Kier molecular flexibility index (Phi) is 27.0. The smallest absolute Gasteiger partial charge is 0.408 e. The number of carboxylic acid groups (broad SMARTS) is 1. The number of nitrogens with zero attached hydrogens (tertiary/aromatic N) is 3. The number of non-ortho nitro benzene ring substituents is 2. The average Bonchev–Trinajstić information content (AvgIpc) is 1.59. The van der Waals surface area contributed by atoms with Crippen molar-refractivity contribution in [2.75, 3.05) is 27.3 Å². The Morgan fingerprint density at radius 2 is 1.02 bits per heavy atom. The Balaban J connectivity index is 0.000000328. The first-order valence-electron chi connectivity index (χ1n) is 30.0. The van der Waals surface area contributed by atoms with Crippen LogP contribution in [-0.2, 0) is 57.2 Å². The molecular weight excluding hydrogens is 1240 g/mol. The Hall–Kier alpha value is -8.73. The van der Waals surface area contributed by atoms with Crippen LogP contribution in [0.3, 0.4) is 0 Å². The highest BCUT2D eigenvalue weighted by Gasteiger charge is 2.63. The minimum Gasteiger partial charge on any atom is -0.480 e. The van der Waals surface area contributed by atoms with Crippen LogP contribution in [0, 0.1) is 42.9 Å². The van der Waals surface area contributed by atoms with Gasteiger partial charge in [-0.25, -0.2) is 33.6 Å². The standard InChI is InChI=1S/C31H40N4O10.C19H21N3O7.C12H21NO4.CH4.ClH/c1-6-19-16-31(19,28(39)43-5)33-25(36)23-15-22(44-27(38)18-11-13-20(14-12-18)35(41)42)17-34(23)26(37)24(30(2,3)4)32-29(40)45-21-9-7-8-10-21;1-3-12-9-19(12,18(25)28-2)21-16(23)15-8-14(10-20-15)29-17(24)11-4-6-13(7-5-11)22(26)27;1-12(2,3)9(10(14)15)13-11(16)17-8-6-4-5-7-8;;/h6,11-14,19,21-24H,1,7-10,15-17H2,2-5H3,(H,32,40)(H,33,36);3-7,12,14-15,20H,1,8-10H2,2H3,(H,21,23);8-9H,4-7H2,1-3H3,(H,13,16)(H,14,15);1H4;1H/t19-,22+,23+,24-,31-;12-,14+,15+,19-;9-;;/m111../s1. The van der Waals surface area contributed by atoms with Crippen LogP contribution >= 0.6 is 12.4 Å². The third-order valence-electron chi connectivity index (χ3n) is 16.7. The number of nitro benzene ring substituents is 2. The van der Waals surface area contributed by atoms with Crippen molar-refractivity contribution >= 4 is 83.5 Å². The molecule has 5 amide bonds. The fourth-order valence-corrected chi connectivity index (χ4v) is 11.3. The molecule has 10 atom stereocenters. The van der Waals surface area contributed by atoms with Gasteiger partial charge in [-0.1, -0.05) is 61.1 Å². The van der Waals surface area contributed by atoms with E-state index >= 15 is 0 Å². The fraction of sp³-hybridized carbons (Fsp3) is 0.587. The topological polar surface area (TPSA) is 396 Å². The number of ether oxygens (including phenoxy) is 6. The number of carbonyl (C=O) groups is 10. The van der Waals surface area contributed by atoms with Gasteiger partial charge in [0, 0.05) is 55.5 Å². The molecular formula is C63H87ClN8O21. The first-order valence-corrected chi connectivity index (χ1v) is 30.0. The largest absolute Gasteiger partial charge is 0.480 e. The third kappa shape index (κ3) is 19.9. The number of benzene rings is 2. The van der Waals surface area contributed by atoms with E-state index in [2.05, 4.69) is 39.7 Å². The van der Waals surface area contributed by atoms with E-state index in [-0.39, 0.29) is 105 Å². The second-order valence-corrected chi connectivity index (χ2v) is 25.4. The van der Waals surface area contributed by atoms with E-state index in [4.69, 9.17) is 33.5 Å². The van der Waals surface area contributed by atoms with Crippen molar-refractivity contribution in [1.82, 2.24) is 31.5 Å². The van der Waals surface area contributed by atoms with Gasteiger partial charge in [-0.3, -0.25) is 34.6 Å². The molecule has 6 N–H and O–H groups in total. The molecule has 4 saturated carbocycles. The molecule has 0 aromatic heterocycles. The number of carboxylic acids is 1. The van der Waals surface area contributed by atoms with Gasteiger partial charge in [0.2, 0.25) is 17.7 Å². The molecule has 2 aliphatic heterocycles. The molecule has 0 bridgehead atoms. The molecule has 2 aromatic rings. The SMILES string of the molecule is C.C=C[C@@H]1C[C@]1(NC(=O)[C@@H]1C[C@H](OC(=O)c2ccc([N+](=O)[O-])cc2)CN1)C(=O)OC.C=C[C@@H]1C[C@]1(NC(=O)[C@@H]1C[C@H](OC(=O)c2ccc([N+](=O)[O-])cc2)CN1C(=O)[C@@H](NC(=O)OC1CCCC1)C(C)(C)C)C(=O)OC.CC(C)(C)[C@H](NC(=O)OC1CCCC1)C(=O)O.Cl. The van der Waals surface area contributed by atoms with Crippen molar-refractivity contribution in [1.29, 1.82) is 0 Å². The van der Waals surface area contributed by atoms with Crippen molar-refractivity contribution in [3.63, 3.8) is 0 Å². The highest BCUT2D eigenvalue weighted by atomic mass is 35.5. The third-order valence-corrected chi connectivity index (χ3v) is 16.7. The van der Waals surface area contributed by atoms with E-state index < -0.39 is 122 Å². The molecule has 8 rings (SSSR count). The molecule has 2 aromatic carbocycles. The van der Waals surface area contributed by atoms with Crippen LogP contribution in [0.2, 0.25) is 0 Å². The minimum absolute atomic E-state index is 0. The van der Waals surface area contributed by atoms with Crippen molar-refractivity contribution in [3.8, 4) is 0 Å². The average molecular weight is 1330 g/mol. The summed E-state index contributed by atoms with van der Waals surface area (Å²) in [6.45, 7) is 18.0. The zero-order valence-electron chi connectivity index (χ0n) is 52.7. The van der Waals surface area contributed by atoms with E-state index in [1.807, 2.05) is 0 Å². The van der Waals surface area contributed by atoms with Gasteiger partial charge in [0.05, 0.1) is 47.8 Å². The number of esters is 4. The number of carbonyl (C=O) groups excluding carboxylic acids is 9. The molecule has 93 heavy (non-hydrogen) atoms. The van der Waals surface area contributed by atoms with Crippen LogP contribution in [0.5, 0.6) is 0 Å². The summed E-state index contributed by atoms with van der Waals surface area (Å²) in [6.07, 6.45) is 8.11. The van der Waals surface area contributed by atoms with Gasteiger partial charge in [0.1, 0.15) is 53.6 Å². The van der Waals surface area contributed by atoms with E-state index in [9.17, 15) is 68.2 Å². The molecule has 6 aliphatic rings. The van der Waals surface area contributed by atoms with Crippen LogP contribution in [0.25, 0.3) is 0 Å². The summed E-state index contributed by atoms with van der Waals surface area (Å²) in [5.41, 5.74) is -3.86. The van der Waals surface area contributed by atoms with Crippen molar-refractivity contribution in [2.24, 2.45) is 22.7 Å². The molecule has 29 nitrogen and oxygen atoms in total. The highest BCUT2D eigenvalue weighted by molar-refractivity contribution is 5.98. The molecule has 30 heteroatoms. The van der Waals surface area contributed by atoms with Gasteiger partial charge in [-0.2, -0.15) is 0 Å². The van der Waals surface area contributed by atoms with E-state index in [0.29, 0.717) is 6.42 Å². The van der Waals surface area contributed by atoms with Gasteiger partial charge in [-0.15, -0.1) is 25.6 Å². The lowest BCUT2D eigenvalue weighted by molar-refractivity contribution is -0.385. The second kappa shape index (κ2) is 32.7. The lowest BCUT2D eigenvalue weighted by atomic mass is 9.85. The van der Waals surface area contributed by atoms with Crippen molar-refractivity contribution < 1.29 is 91.3 Å². The first-order chi connectivity index (χ1) is 42.8. The summed E-state index contributed by atoms with van der Waals surface area (Å²) in [6, 6.07) is 6.06. The number of methoxy groups -OCH3 is 2. The van der Waals surface area contributed by atoms with Gasteiger partial charge >= 0.3 is 42.0 Å². The number of rotatable bonds is 20. The predicted octanol–water partition coefficient (Wildman–Crippen LogP) is 6.97. The number of halogens is 1. The summed E-state index contributed by atoms with van der Waals surface area (Å²) < 4.78 is 31.4. The quantitative estimate of drug-likeness (QED) is 0.0256. The van der Waals surface area contributed by atoms with Crippen LogP contribution < -0.4 is 26.6 Å².